The quantitative estimate of drug-likeness (QED) is 0.926. The number of aromatic nitrogens is 1. The van der Waals surface area contributed by atoms with E-state index in [-0.39, 0.29) is 23.7 Å². The lowest BCUT2D eigenvalue weighted by atomic mass is 10.0. The second-order valence-electron chi connectivity index (χ2n) is 5.55. The molecule has 1 aromatic carbocycles. The maximum Gasteiger partial charge on any atom is 0.274 e. The van der Waals surface area contributed by atoms with E-state index in [0.717, 1.165) is 12.1 Å². The SMILES string of the molecule is O=C(NC1CCCN(Cc2ccc(F)cc2F)C1=O)c1ccon1. The van der Waals surface area contributed by atoms with Gasteiger partial charge in [-0.25, -0.2) is 8.78 Å². The molecule has 0 radical (unpaired) electrons. The molecule has 0 spiro atoms. The van der Waals surface area contributed by atoms with Gasteiger partial charge in [0.2, 0.25) is 5.91 Å². The smallest absolute Gasteiger partial charge is 0.274 e. The van der Waals surface area contributed by atoms with Gasteiger partial charge in [0.25, 0.3) is 5.91 Å². The minimum atomic E-state index is -0.702. The van der Waals surface area contributed by atoms with Gasteiger partial charge in [-0.3, -0.25) is 9.59 Å². The zero-order chi connectivity index (χ0) is 17.1. The fourth-order valence-corrected chi connectivity index (χ4v) is 2.65. The highest BCUT2D eigenvalue weighted by Crippen LogP contribution is 2.18. The van der Waals surface area contributed by atoms with Gasteiger partial charge in [0.05, 0.1) is 0 Å². The topological polar surface area (TPSA) is 75.4 Å². The second kappa shape index (κ2) is 6.77. The lowest BCUT2D eigenvalue weighted by Gasteiger charge is -2.32. The van der Waals surface area contributed by atoms with Crippen molar-refractivity contribution in [2.24, 2.45) is 0 Å². The van der Waals surface area contributed by atoms with E-state index >= 15 is 0 Å². The van der Waals surface area contributed by atoms with Crippen LogP contribution in [0.1, 0.15) is 28.9 Å². The second-order valence-corrected chi connectivity index (χ2v) is 5.55. The van der Waals surface area contributed by atoms with E-state index in [9.17, 15) is 18.4 Å². The van der Waals surface area contributed by atoms with Crippen molar-refractivity contribution in [1.82, 2.24) is 15.4 Å². The predicted octanol–water partition coefficient (Wildman–Crippen LogP) is 1.87. The van der Waals surface area contributed by atoms with Gasteiger partial charge in [-0.1, -0.05) is 11.2 Å². The number of carbonyl (C=O) groups excluding carboxylic acids is 2. The molecule has 1 aliphatic heterocycles. The molecule has 1 N–H and O–H groups in total. The molecule has 3 rings (SSSR count). The minimum Gasteiger partial charge on any atom is -0.364 e. The first-order chi connectivity index (χ1) is 11.5. The predicted molar refractivity (Wildman–Crippen MR) is 78.8 cm³/mol. The summed E-state index contributed by atoms with van der Waals surface area (Å²) in [5, 5.41) is 6.12. The molecule has 2 amide bonds. The van der Waals surface area contributed by atoms with Gasteiger partial charge in [-0.05, 0) is 18.9 Å². The van der Waals surface area contributed by atoms with Crippen LogP contribution in [-0.2, 0) is 11.3 Å². The third-order valence-corrected chi connectivity index (χ3v) is 3.88. The third-order valence-electron chi connectivity index (χ3n) is 3.88. The number of hydrogen-bond donors (Lipinski definition) is 1. The van der Waals surface area contributed by atoms with E-state index in [1.54, 1.807) is 0 Å². The van der Waals surface area contributed by atoms with Crippen LogP contribution in [0.3, 0.4) is 0 Å². The molecule has 1 saturated heterocycles. The van der Waals surface area contributed by atoms with Crippen molar-refractivity contribution in [3.05, 3.63) is 53.4 Å². The standard InChI is InChI=1S/C16H15F2N3O3/c17-11-4-3-10(12(18)8-11)9-21-6-1-2-14(16(21)23)19-15(22)13-5-7-24-20-13/h3-5,7-8,14H,1-2,6,9H2,(H,19,22). The van der Waals surface area contributed by atoms with E-state index in [1.807, 2.05) is 0 Å². The lowest BCUT2D eigenvalue weighted by Crippen LogP contribution is -2.52. The summed E-state index contributed by atoms with van der Waals surface area (Å²) in [5.41, 5.74) is 0.317. The van der Waals surface area contributed by atoms with Gasteiger partial charge in [-0.2, -0.15) is 0 Å². The molecule has 1 fully saturated rings. The van der Waals surface area contributed by atoms with Gasteiger partial charge in [-0.15, -0.1) is 0 Å². The van der Waals surface area contributed by atoms with Crippen LogP contribution in [0.4, 0.5) is 8.78 Å². The van der Waals surface area contributed by atoms with E-state index in [1.165, 1.54) is 23.3 Å². The van der Waals surface area contributed by atoms with E-state index in [4.69, 9.17) is 0 Å². The first-order valence-electron chi connectivity index (χ1n) is 7.48. The summed E-state index contributed by atoms with van der Waals surface area (Å²) in [7, 11) is 0. The number of piperidine rings is 1. The van der Waals surface area contributed by atoms with E-state index in [0.29, 0.717) is 19.4 Å². The van der Waals surface area contributed by atoms with E-state index in [2.05, 4.69) is 15.0 Å². The largest absolute Gasteiger partial charge is 0.364 e. The Bertz CT molecular complexity index is 749. The Kier molecular flexibility index (Phi) is 4.54. The number of hydrogen-bond acceptors (Lipinski definition) is 4. The van der Waals surface area contributed by atoms with Crippen molar-refractivity contribution >= 4 is 11.8 Å². The van der Waals surface area contributed by atoms with Crippen LogP contribution in [0.15, 0.2) is 35.1 Å². The summed E-state index contributed by atoms with van der Waals surface area (Å²) < 4.78 is 31.3. The van der Waals surface area contributed by atoms with Crippen molar-refractivity contribution in [1.29, 1.82) is 0 Å². The fraction of sp³-hybridized carbons (Fsp3) is 0.312. The summed E-state index contributed by atoms with van der Waals surface area (Å²) in [6, 6.07) is 3.94. The van der Waals surface area contributed by atoms with Gasteiger partial charge in [0.15, 0.2) is 5.69 Å². The van der Waals surface area contributed by atoms with Crippen LogP contribution in [-0.4, -0.2) is 34.5 Å². The molecule has 6 nitrogen and oxygen atoms in total. The number of benzene rings is 1. The molecule has 1 aliphatic rings. The van der Waals surface area contributed by atoms with E-state index < -0.39 is 23.6 Å². The molecule has 2 aromatic rings. The molecule has 1 unspecified atom stereocenters. The zero-order valence-corrected chi connectivity index (χ0v) is 12.7. The van der Waals surface area contributed by atoms with Crippen molar-refractivity contribution in [2.75, 3.05) is 6.54 Å². The molecule has 1 aromatic heterocycles. The Hall–Kier alpha value is -2.77. The molecule has 0 bridgehead atoms. The van der Waals surface area contributed by atoms with Crippen LogP contribution < -0.4 is 5.32 Å². The molecular weight excluding hydrogens is 320 g/mol. The average molecular weight is 335 g/mol. The van der Waals surface area contributed by atoms with Gasteiger partial charge >= 0.3 is 0 Å². The zero-order valence-electron chi connectivity index (χ0n) is 12.7. The van der Waals surface area contributed by atoms with Crippen molar-refractivity contribution in [3.63, 3.8) is 0 Å². The van der Waals surface area contributed by atoms with Crippen LogP contribution in [0.5, 0.6) is 0 Å². The van der Waals surface area contributed by atoms with Gasteiger partial charge in [0, 0.05) is 30.8 Å². The number of nitrogens with zero attached hydrogens (tertiary/aromatic N) is 2. The Morgan fingerprint density at radius 1 is 1.38 bits per heavy atom. The summed E-state index contributed by atoms with van der Waals surface area (Å²) in [6.07, 6.45) is 2.42. The molecule has 0 aliphatic carbocycles. The van der Waals surface area contributed by atoms with Crippen LogP contribution >= 0.6 is 0 Å². The highest BCUT2D eigenvalue weighted by atomic mass is 19.1. The fourth-order valence-electron chi connectivity index (χ4n) is 2.65. The summed E-state index contributed by atoms with van der Waals surface area (Å²) >= 11 is 0. The molecule has 24 heavy (non-hydrogen) atoms. The maximum absolute atomic E-state index is 13.8. The number of amides is 2. The number of nitrogens with one attached hydrogen (secondary N) is 1. The number of likely N-dealkylation sites (tertiary alicyclic amines) is 1. The van der Waals surface area contributed by atoms with Crippen LogP contribution in [0, 0.1) is 11.6 Å². The number of halogens is 2. The monoisotopic (exact) mass is 335 g/mol. The Morgan fingerprint density at radius 2 is 2.21 bits per heavy atom. The molecular formula is C16H15F2N3O3. The van der Waals surface area contributed by atoms with Crippen molar-refractivity contribution < 1.29 is 22.9 Å². The average Bonchev–Trinajstić information content (AvgIpc) is 3.08. The summed E-state index contributed by atoms with van der Waals surface area (Å²) in [6.45, 7) is 0.479. The number of rotatable bonds is 4. The normalized spacial score (nSPS) is 17.8. The Morgan fingerprint density at radius 3 is 2.92 bits per heavy atom. The molecule has 0 saturated carbocycles. The molecule has 126 valence electrons. The maximum atomic E-state index is 13.8. The summed E-state index contributed by atoms with van der Waals surface area (Å²) in [5.74, 6) is -2.17. The highest BCUT2D eigenvalue weighted by molar-refractivity contribution is 5.96. The Labute approximate surface area is 136 Å². The third kappa shape index (κ3) is 3.42. The molecule has 1 atom stereocenters. The summed E-state index contributed by atoms with van der Waals surface area (Å²) in [4.78, 5) is 25.9. The number of carbonyl (C=O) groups is 2. The highest BCUT2D eigenvalue weighted by Gasteiger charge is 2.31. The van der Waals surface area contributed by atoms with Crippen LogP contribution in [0.25, 0.3) is 0 Å². The molecule has 2 heterocycles. The van der Waals surface area contributed by atoms with Crippen LogP contribution in [0.2, 0.25) is 0 Å². The Balaban J connectivity index is 1.67. The molecule has 8 heteroatoms. The lowest BCUT2D eigenvalue weighted by molar-refractivity contribution is -0.136. The van der Waals surface area contributed by atoms with Gasteiger partial charge < -0.3 is 14.7 Å². The first-order valence-corrected chi connectivity index (χ1v) is 7.48. The first kappa shape index (κ1) is 16.1. The minimum absolute atomic E-state index is 0.0290. The van der Waals surface area contributed by atoms with Crippen molar-refractivity contribution in [2.45, 2.75) is 25.4 Å². The van der Waals surface area contributed by atoms with Gasteiger partial charge in [0.1, 0.15) is 23.9 Å². The van der Waals surface area contributed by atoms with Crippen molar-refractivity contribution in [3.8, 4) is 0 Å².